The quantitative estimate of drug-likeness (QED) is 0.866. The second-order valence-electron chi connectivity index (χ2n) is 6.04. The molecule has 2 aromatic carbocycles. The van der Waals surface area contributed by atoms with Crippen molar-refractivity contribution < 1.29 is 19.1 Å². The number of carbonyl (C=O) groups is 1. The first-order valence-corrected chi connectivity index (χ1v) is 8.42. The normalized spacial score (nSPS) is 17.0. The molecule has 6 heteroatoms. The van der Waals surface area contributed by atoms with E-state index in [1.807, 2.05) is 55.5 Å². The summed E-state index contributed by atoms with van der Waals surface area (Å²) in [5, 5.41) is 7.06. The monoisotopic (exact) mass is 354 g/mol. The van der Waals surface area contributed by atoms with Crippen molar-refractivity contribution in [2.75, 3.05) is 14.2 Å². The maximum Gasteiger partial charge on any atom is 0.264 e. The molecule has 1 amide bonds. The van der Waals surface area contributed by atoms with Crippen molar-refractivity contribution in [3.8, 4) is 11.5 Å². The number of carbonyl (C=O) groups excluding carboxylic acids is 1. The van der Waals surface area contributed by atoms with Gasteiger partial charge in [-0.1, -0.05) is 35.5 Å². The zero-order valence-electron chi connectivity index (χ0n) is 15.1. The van der Waals surface area contributed by atoms with Gasteiger partial charge in [-0.15, -0.1) is 0 Å². The topological polar surface area (TPSA) is 69.1 Å². The first-order valence-electron chi connectivity index (χ1n) is 8.42. The zero-order valence-corrected chi connectivity index (χ0v) is 15.1. The molecule has 26 heavy (non-hydrogen) atoms. The number of nitrogens with zero attached hydrogens (tertiary/aromatic N) is 1. The van der Waals surface area contributed by atoms with Gasteiger partial charge < -0.3 is 19.6 Å². The maximum atomic E-state index is 12.5. The molecule has 0 bridgehead atoms. The largest absolute Gasteiger partial charge is 0.497 e. The minimum atomic E-state index is -0.660. The van der Waals surface area contributed by atoms with Crippen molar-refractivity contribution in [2.24, 2.45) is 5.16 Å². The molecule has 2 atom stereocenters. The fraction of sp³-hybridized carbons (Fsp3) is 0.300. The highest BCUT2D eigenvalue weighted by atomic mass is 16.6. The summed E-state index contributed by atoms with van der Waals surface area (Å²) in [6, 6.07) is 15.1. The van der Waals surface area contributed by atoms with E-state index in [0.717, 1.165) is 11.1 Å². The number of benzene rings is 2. The molecule has 2 aromatic rings. The highest BCUT2D eigenvalue weighted by Crippen LogP contribution is 2.28. The maximum absolute atomic E-state index is 12.5. The SMILES string of the molecule is COc1ccc(OC)c(C2=NO[C@H](C(=O)N[C@H](C)c3ccccc3)C2)c1. The summed E-state index contributed by atoms with van der Waals surface area (Å²) in [6.45, 7) is 1.94. The predicted molar refractivity (Wildman–Crippen MR) is 98.6 cm³/mol. The van der Waals surface area contributed by atoms with Crippen molar-refractivity contribution in [3.05, 3.63) is 59.7 Å². The van der Waals surface area contributed by atoms with E-state index in [4.69, 9.17) is 14.3 Å². The summed E-state index contributed by atoms with van der Waals surface area (Å²) < 4.78 is 10.6. The molecule has 1 aliphatic heterocycles. The number of ether oxygens (including phenoxy) is 2. The summed E-state index contributed by atoms with van der Waals surface area (Å²) in [5.74, 6) is 1.16. The molecule has 136 valence electrons. The van der Waals surface area contributed by atoms with Crippen LogP contribution in [0, 0.1) is 0 Å². The Bertz CT molecular complexity index is 805. The van der Waals surface area contributed by atoms with Crippen LogP contribution in [0.25, 0.3) is 0 Å². The molecule has 0 saturated carbocycles. The van der Waals surface area contributed by atoms with Crippen LogP contribution in [0.4, 0.5) is 0 Å². The molecular formula is C20H22N2O4. The van der Waals surface area contributed by atoms with Gasteiger partial charge in [-0.05, 0) is 30.7 Å². The van der Waals surface area contributed by atoms with Gasteiger partial charge in [-0.2, -0.15) is 0 Å². The molecule has 0 radical (unpaired) electrons. The molecule has 6 nitrogen and oxygen atoms in total. The molecule has 0 unspecified atom stereocenters. The van der Waals surface area contributed by atoms with Crippen LogP contribution in [0.1, 0.15) is 30.5 Å². The van der Waals surface area contributed by atoms with E-state index in [-0.39, 0.29) is 11.9 Å². The third kappa shape index (κ3) is 3.79. The second-order valence-corrected chi connectivity index (χ2v) is 6.04. The Morgan fingerprint density at radius 1 is 1.19 bits per heavy atom. The fourth-order valence-corrected chi connectivity index (χ4v) is 2.85. The van der Waals surface area contributed by atoms with Gasteiger partial charge in [0, 0.05) is 12.0 Å². The number of hydrogen-bond acceptors (Lipinski definition) is 5. The molecule has 3 rings (SSSR count). The van der Waals surface area contributed by atoms with E-state index in [1.54, 1.807) is 14.2 Å². The molecule has 0 aliphatic carbocycles. The van der Waals surface area contributed by atoms with Crippen molar-refractivity contribution in [2.45, 2.75) is 25.5 Å². The average Bonchev–Trinajstić information content (AvgIpc) is 3.18. The van der Waals surface area contributed by atoms with E-state index in [0.29, 0.717) is 23.6 Å². The van der Waals surface area contributed by atoms with Crippen molar-refractivity contribution in [3.63, 3.8) is 0 Å². The van der Waals surface area contributed by atoms with Crippen LogP contribution < -0.4 is 14.8 Å². The Labute approximate surface area is 152 Å². The van der Waals surface area contributed by atoms with Gasteiger partial charge in [0.1, 0.15) is 11.5 Å². The van der Waals surface area contributed by atoms with Gasteiger partial charge >= 0.3 is 0 Å². The molecule has 1 heterocycles. The van der Waals surface area contributed by atoms with E-state index in [2.05, 4.69) is 10.5 Å². The van der Waals surface area contributed by atoms with Crippen LogP contribution >= 0.6 is 0 Å². The lowest BCUT2D eigenvalue weighted by Gasteiger charge is -2.16. The first kappa shape index (κ1) is 17.8. The van der Waals surface area contributed by atoms with Gasteiger partial charge in [0.2, 0.25) is 6.10 Å². The summed E-state index contributed by atoms with van der Waals surface area (Å²) in [7, 11) is 3.19. The Morgan fingerprint density at radius 3 is 2.65 bits per heavy atom. The molecule has 0 aromatic heterocycles. The highest BCUT2D eigenvalue weighted by Gasteiger charge is 2.31. The number of methoxy groups -OCH3 is 2. The Hall–Kier alpha value is -3.02. The number of hydrogen-bond donors (Lipinski definition) is 1. The first-order chi connectivity index (χ1) is 12.6. The van der Waals surface area contributed by atoms with E-state index in [1.165, 1.54) is 0 Å². The molecular weight excluding hydrogens is 332 g/mol. The van der Waals surface area contributed by atoms with Crippen LogP contribution in [0.5, 0.6) is 11.5 Å². The lowest BCUT2D eigenvalue weighted by atomic mass is 10.0. The minimum absolute atomic E-state index is 0.109. The Kier molecular flexibility index (Phi) is 5.41. The van der Waals surface area contributed by atoms with Crippen LogP contribution in [-0.4, -0.2) is 31.9 Å². The number of amides is 1. The fourth-order valence-electron chi connectivity index (χ4n) is 2.85. The standard InChI is InChI=1S/C20H22N2O4/c1-13(14-7-5-4-6-8-14)21-20(23)19-12-17(22-26-19)16-11-15(24-2)9-10-18(16)25-3/h4-11,13,19H,12H2,1-3H3,(H,21,23)/t13-,19+/m1/s1. The third-order valence-electron chi connectivity index (χ3n) is 4.34. The molecule has 0 spiro atoms. The lowest BCUT2D eigenvalue weighted by Crippen LogP contribution is -2.36. The minimum Gasteiger partial charge on any atom is -0.497 e. The van der Waals surface area contributed by atoms with Gasteiger partial charge in [-0.25, -0.2) is 0 Å². The Morgan fingerprint density at radius 2 is 1.96 bits per heavy atom. The van der Waals surface area contributed by atoms with E-state index < -0.39 is 6.10 Å². The number of rotatable bonds is 6. The van der Waals surface area contributed by atoms with Gasteiger partial charge in [0.25, 0.3) is 5.91 Å². The summed E-state index contributed by atoms with van der Waals surface area (Å²) in [5.41, 5.74) is 2.46. The smallest absolute Gasteiger partial charge is 0.264 e. The van der Waals surface area contributed by atoms with Gasteiger partial charge in [0.15, 0.2) is 0 Å². The second kappa shape index (κ2) is 7.91. The van der Waals surface area contributed by atoms with Crippen molar-refractivity contribution in [1.29, 1.82) is 0 Å². The van der Waals surface area contributed by atoms with Gasteiger partial charge in [0.05, 0.1) is 26.0 Å². The van der Waals surface area contributed by atoms with Crippen LogP contribution in [0.15, 0.2) is 53.7 Å². The van der Waals surface area contributed by atoms with E-state index >= 15 is 0 Å². The van der Waals surface area contributed by atoms with Crippen LogP contribution in [0.3, 0.4) is 0 Å². The summed E-state index contributed by atoms with van der Waals surface area (Å²) in [4.78, 5) is 17.9. The number of nitrogens with one attached hydrogen (secondary N) is 1. The van der Waals surface area contributed by atoms with Crippen LogP contribution in [-0.2, 0) is 9.63 Å². The average molecular weight is 354 g/mol. The molecule has 0 saturated heterocycles. The lowest BCUT2D eigenvalue weighted by molar-refractivity contribution is -0.131. The molecule has 0 fully saturated rings. The summed E-state index contributed by atoms with van der Waals surface area (Å²) >= 11 is 0. The van der Waals surface area contributed by atoms with Crippen molar-refractivity contribution in [1.82, 2.24) is 5.32 Å². The Balaban J connectivity index is 1.67. The molecule has 1 N–H and O–H groups in total. The van der Waals surface area contributed by atoms with E-state index in [9.17, 15) is 4.79 Å². The third-order valence-corrected chi connectivity index (χ3v) is 4.34. The van der Waals surface area contributed by atoms with Gasteiger partial charge in [-0.3, -0.25) is 4.79 Å². The number of oxime groups is 1. The highest BCUT2D eigenvalue weighted by molar-refractivity contribution is 6.06. The summed E-state index contributed by atoms with van der Waals surface area (Å²) in [6.07, 6.45) is -0.288. The zero-order chi connectivity index (χ0) is 18.5. The molecule has 1 aliphatic rings. The van der Waals surface area contributed by atoms with Crippen LogP contribution in [0.2, 0.25) is 0 Å². The predicted octanol–water partition coefficient (Wildman–Crippen LogP) is 3.07. The van der Waals surface area contributed by atoms with Crippen molar-refractivity contribution >= 4 is 11.6 Å².